The van der Waals surface area contributed by atoms with E-state index in [1.807, 2.05) is 18.2 Å². The van der Waals surface area contributed by atoms with Crippen LogP contribution in [0.3, 0.4) is 0 Å². The van der Waals surface area contributed by atoms with Gasteiger partial charge >= 0.3 is 23.9 Å². The van der Waals surface area contributed by atoms with Crippen LogP contribution in [0.4, 0.5) is 0 Å². The van der Waals surface area contributed by atoms with Crippen molar-refractivity contribution in [1.29, 1.82) is 0 Å². The lowest BCUT2D eigenvalue weighted by Gasteiger charge is -2.40. The molecule has 6 unspecified atom stereocenters. The van der Waals surface area contributed by atoms with Gasteiger partial charge in [-0.2, -0.15) is 0 Å². The topological polar surface area (TPSA) is 175 Å². The normalized spacial score (nSPS) is 18.9. The number of carbonyl (C=O) groups is 4. The third-order valence-corrected chi connectivity index (χ3v) is 12.4. The van der Waals surface area contributed by atoms with Gasteiger partial charge in [0, 0.05) is 12.8 Å². The first kappa shape index (κ1) is 71.6. The summed E-state index contributed by atoms with van der Waals surface area (Å²) in [7, 11) is 0. The van der Waals surface area contributed by atoms with Crippen LogP contribution in [-0.2, 0) is 42.9 Å². The van der Waals surface area contributed by atoms with E-state index in [1.54, 1.807) is 6.08 Å². The van der Waals surface area contributed by atoms with E-state index in [-0.39, 0.29) is 25.9 Å². The number of ether oxygens (including phenoxy) is 5. The molecule has 1 rings (SSSR count). The number of rotatable bonds is 48. The van der Waals surface area contributed by atoms with Gasteiger partial charge in [0.25, 0.3) is 0 Å². The standard InChI is InChI=1S/C67H102O12/c1-4-7-10-13-16-19-22-25-28-29-30-31-34-35-38-41-44-47-50-53-59(68)75-56-58(77-60(69)54-51-48-45-42-39-36-32-26-23-20-17-14-11-8-5-2)57-76-67-65(63(72)62(71)64(79-67)66(73)74)78-61(70)55-52-49-46-43-40-37-33-27-24-21-18-15-12-9-6-3/h7-12,16-21,25-28,30-33,39,42,48,51,58,62-65,67,71-72H,4-6,13-15,22-24,29,34-38,40-41,43-47,49-50,52-57H2,1-3H3,(H,73,74)/b10-7-,11-8-,12-9-,19-16-,20-17-,21-18-,28-25-,31-30-,32-26-,33-27-,42-39-,51-48-. The average Bonchev–Trinajstić information content (AvgIpc) is 3.46. The third kappa shape index (κ3) is 43.1. The molecule has 0 aromatic heterocycles. The highest BCUT2D eigenvalue weighted by atomic mass is 16.7. The zero-order valence-electron chi connectivity index (χ0n) is 48.5. The molecule has 79 heavy (non-hydrogen) atoms. The van der Waals surface area contributed by atoms with Gasteiger partial charge in [-0.15, -0.1) is 0 Å². The summed E-state index contributed by atoms with van der Waals surface area (Å²) in [5.74, 6) is -3.35. The molecule has 1 aliphatic heterocycles. The van der Waals surface area contributed by atoms with E-state index in [0.717, 1.165) is 141 Å². The van der Waals surface area contributed by atoms with Crippen molar-refractivity contribution in [2.75, 3.05) is 13.2 Å². The van der Waals surface area contributed by atoms with E-state index in [4.69, 9.17) is 23.7 Å². The van der Waals surface area contributed by atoms with Crippen molar-refractivity contribution >= 4 is 23.9 Å². The maximum absolute atomic E-state index is 13.1. The summed E-state index contributed by atoms with van der Waals surface area (Å²) in [4.78, 5) is 51.1. The Kier molecular flexibility index (Phi) is 48.3. The number of esters is 3. The van der Waals surface area contributed by atoms with Gasteiger partial charge in [-0.05, 0) is 116 Å². The highest BCUT2D eigenvalue weighted by Gasteiger charge is 2.50. The largest absolute Gasteiger partial charge is 0.479 e. The molecule has 12 heteroatoms. The van der Waals surface area contributed by atoms with E-state index < -0.39 is 67.3 Å². The molecule has 442 valence electrons. The van der Waals surface area contributed by atoms with Crippen molar-refractivity contribution in [3.63, 3.8) is 0 Å². The average molecular weight is 1100 g/mol. The molecule has 1 aliphatic rings. The van der Waals surface area contributed by atoms with Gasteiger partial charge in [0.05, 0.1) is 13.0 Å². The Bertz CT molecular complexity index is 1930. The Morgan fingerprint density at radius 1 is 0.430 bits per heavy atom. The highest BCUT2D eigenvalue weighted by molar-refractivity contribution is 5.74. The molecular weight excluding hydrogens is 997 g/mol. The van der Waals surface area contributed by atoms with Crippen molar-refractivity contribution in [2.24, 2.45) is 0 Å². The van der Waals surface area contributed by atoms with Crippen LogP contribution in [0.15, 0.2) is 146 Å². The molecular formula is C67H102O12. The quantitative estimate of drug-likeness (QED) is 0.0228. The van der Waals surface area contributed by atoms with Gasteiger partial charge in [0.2, 0.25) is 0 Å². The van der Waals surface area contributed by atoms with Crippen molar-refractivity contribution in [3.05, 3.63) is 146 Å². The summed E-state index contributed by atoms with van der Waals surface area (Å²) < 4.78 is 28.3. The van der Waals surface area contributed by atoms with Gasteiger partial charge in [-0.25, -0.2) is 4.79 Å². The lowest BCUT2D eigenvalue weighted by atomic mass is 9.98. The van der Waals surface area contributed by atoms with Gasteiger partial charge < -0.3 is 39.0 Å². The summed E-state index contributed by atoms with van der Waals surface area (Å²) in [6.45, 7) is 5.53. The zero-order chi connectivity index (χ0) is 57.5. The Morgan fingerprint density at radius 3 is 1.22 bits per heavy atom. The van der Waals surface area contributed by atoms with Crippen LogP contribution < -0.4 is 0 Å². The Hall–Kier alpha value is -5.40. The van der Waals surface area contributed by atoms with E-state index >= 15 is 0 Å². The first-order chi connectivity index (χ1) is 38.6. The molecule has 1 saturated heterocycles. The number of allylic oxidation sites excluding steroid dienone is 23. The smallest absolute Gasteiger partial charge is 0.335 e. The van der Waals surface area contributed by atoms with Crippen LogP contribution in [0.5, 0.6) is 0 Å². The lowest BCUT2D eigenvalue weighted by Crippen LogP contribution is -2.61. The number of unbranched alkanes of at least 4 members (excludes halogenated alkanes) is 11. The van der Waals surface area contributed by atoms with Gasteiger partial charge in [-0.1, -0.05) is 212 Å². The van der Waals surface area contributed by atoms with Crippen molar-refractivity contribution < 1.29 is 58.2 Å². The van der Waals surface area contributed by atoms with E-state index in [2.05, 4.69) is 142 Å². The maximum atomic E-state index is 13.1. The van der Waals surface area contributed by atoms with Crippen LogP contribution in [-0.4, -0.2) is 89.2 Å². The van der Waals surface area contributed by atoms with E-state index in [9.17, 15) is 34.5 Å². The van der Waals surface area contributed by atoms with Crippen LogP contribution in [0.25, 0.3) is 0 Å². The summed E-state index contributed by atoms with van der Waals surface area (Å²) >= 11 is 0. The number of hydrogen-bond acceptors (Lipinski definition) is 11. The molecule has 0 saturated carbocycles. The number of carboxylic acid groups (broad SMARTS) is 1. The summed E-state index contributed by atoms with van der Waals surface area (Å²) in [6.07, 6.45) is 64.1. The first-order valence-corrected chi connectivity index (χ1v) is 29.8. The maximum Gasteiger partial charge on any atom is 0.335 e. The van der Waals surface area contributed by atoms with Crippen molar-refractivity contribution in [2.45, 2.75) is 237 Å². The zero-order valence-corrected chi connectivity index (χ0v) is 48.5. The molecule has 0 amide bonds. The van der Waals surface area contributed by atoms with Gasteiger partial charge in [0.15, 0.2) is 24.6 Å². The molecule has 0 spiro atoms. The molecule has 6 atom stereocenters. The molecule has 3 N–H and O–H groups in total. The predicted molar refractivity (Wildman–Crippen MR) is 321 cm³/mol. The first-order valence-electron chi connectivity index (χ1n) is 29.8. The number of hydrogen-bond donors (Lipinski definition) is 3. The lowest BCUT2D eigenvalue weighted by molar-refractivity contribution is -0.301. The minimum atomic E-state index is -1.93. The third-order valence-electron chi connectivity index (χ3n) is 12.4. The van der Waals surface area contributed by atoms with Crippen molar-refractivity contribution in [1.82, 2.24) is 0 Å². The molecule has 0 aromatic carbocycles. The molecule has 0 aliphatic carbocycles. The SMILES string of the molecule is CC/C=C\C/C=C\C/C=C\C/C=C\C/C=C\CC(=O)OC(COC(=O)CCCCCCCC/C=C\C/C=C\C/C=C\C/C=C\CC)COC1OC(C(=O)O)C(O)C(O)C1OC(=O)CCCCCCC/C=C\C/C=C\C/C=C\CC. The van der Waals surface area contributed by atoms with Crippen LogP contribution >= 0.6 is 0 Å². The number of aliphatic hydroxyl groups is 2. The molecule has 12 nitrogen and oxygen atoms in total. The van der Waals surface area contributed by atoms with Crippen LogP contribution in [0, 0.1) is 0 Å². The molecule has 1 fully saturated rings. The molecule has 0 bridgehead atoms. The second kappa shape index (κ2) is 53.3. The minimum Gasteiger partial charge on any atom is -0.479 e. The van der Waals surface area contributed by atoms with E-state index in [0.29, 0.717) is 19.3 Å². The molecule has 0 aromatic rings. The number of carboxylic acids is 1. The van der Waals surface area contributed by atoms with Gasteiger partial charge in [-0.3, -0.25) is 14.4 Å². The van der Waals surface area contributed by atoms with Crippen molar-refractivity contribution in [3.8, 4) is 0 Å². The number of carbonyl (C=O) groups excluding carboxylic acids is 3. The summed E-state index contributed by atoms with van der Waals surface area (Å²) in [6, 6.07) is 0. The molecule has 1 heterocycles. The number of aliphatic hydroxyl groups excluding tert-OH is 2. The summed E-state index contributed by atoms with van der Waals surface area (Å²) in [5.41, 5.74) is 0. The fourth-order valence-electron chi connectivity index (χ4n) is 7.98. The fraction of sp³-hybridized carbons (Fsp3) is 0.582. The minimum absolute atomic E-state index is 0.0206. The molecule has 0 radical (unpaired) electrons. The van der Waals surface area contributed by atoms with Gasteiger partial charge in [0.1, 0.15) is 18.8 Å². The van der Waals surface area contributed by atoms with Crippen LogP contribution in [0.1, 0.15) is 201 Å². The highest BCUT2D eigenvalue weighted by Crippen LogP contribution is 2.26. The Morgan fingerprint density at radius 2 is 0.797 bits per heavy atom. The fourth-order valence-corrected chi connectivity index (χ4v) is 7.98. The monoisotopic (exact) mass is 1100 g/mol. The second-order valence-corrected chi connectivity index (χ2v) is 19.5. The Balaban J connectivity index is 2.76. The summed E-state index contributed by atoms with van der Waals surface area (Å²) in [5, 5.41) is 31.5. The Labute approximate surface area is 476 Å². The van der Waals surface area contributed by atoms with E-state index in [1.165, 1.54) is 0 Å². The number of aliphatic carboxylic acids is 1. The predicted octanol–water partition coefficient (Wildman–Crippen LogP) is 15.6. The second-order valence-electron chi connectivity index (χ2n) is 19.5. The van der Waals surface area contributed by atoms with Crippen LogP contribution in [0.2, 0.25) is 0 Å².